The molecule has 148 valence electrons. The number of hydrogen-bond acceptors (Lipinski definition) is 4. The van der Waals surface area contributed by atoms with Crippen LogP contribution in [0.25, 0.3) is 0 Å². The smallest absolute Gasteiger partial charge is 0.319 e. The Bertz CT molecular complexity index is 699. The molecule has 27 heavy (non-hydrogen) atoms. The number of urea groups is 1. The van der Waals surface area contributed by atoms with Crippen LogP contribution in [0.5, 0.6) is 0 Å². The molecule has 0 aromatic carbocycles. The molecule has 2 N–H and O–H groups in total. The van der Waals surface area contributed by atoms with E-state index in [2.05, 4.69) is 15.7 Å². The summed E-state index contributed by atoms with van der Waals surface area (Å²) in [5.74, 6) is 2.08. The van der Waals surface area contributed by atoms with E-state index in [0.717, 1.165) is 37.0 Å². The van der Waals surface area contributed by atoms with E-state index in [0.29, 0.717) is 5.69 Å². The van der Waals surface area contributed by atoms with Crippen LogP contribution in [-0.2, 0) is 16.3 Å². The topological polar surface area (TPSA) is 85.2 Å². The van der Waals surface area contributed by atoms with Gasteiger partial charge < -0.3 is 15.4 Å². The van der Waals surface area contributed by atoms with Crippen molar-refractivity contribution in [3.63, 3.8) is 0 Å². The molecular weight excluding hydrogens is 344 g/mol. The van der Waals surface area contributed by atoms with Crippen LogP contribution in [0.3, 0.4) is 0 Å². The molecule has 4 saturated carbocycles. The second-order valence-electron chi connectivity index (χ2n) is 9.86. The number of carbonyl (C=O) groups is 2. The Kier molecular flexibility index (Phi) is 4.43. The zero-order valence-corrected chi connectivity index (χ0v) is 16.5. The van der Waals surface area contributed by atoms with E-state index < -0.39 is 5.41 Å². The first-order valence-electron chi connectivity index (χ1n) is 10.00. The van der Waals surface area contributed by atoms with Gasteiger partial charge in [0.15, 0.2) is 6.73 Å². The highest BCUT2D eigenvalue weighted by Crippen LogP contribution is 2.55. The van der Waals surface area contributed by atoms with Gasteiger partial charge in [-0.15, -0.1) is 0 Å². The maximum Gasteiger partial charge on any atom is 0.319 e. The summed E-state index contributed by atoms with van der Waals surface area (Å²) in [5, 5.41) is 10.3. The summed E-state index contributed by atoms with van der Waals surface area (Å²) in [7, 11) is 0. The van der Waals surface area contributed by atoms with Gasteiger partial charge in [0.25, 0.3) is 0 Å². The van der Waals surface area contributed by atoms with Gasteiger partial charge in [0, 0.05) is 5.54 Å². The predicted octanol–water partition coefficient (Wildman–Crippen LogP) is 3.52. The SMILES string of the molecule is CC(C)(C)C(=O)OCn1cc(NC(=O)NC23CC4CC(CC(C4)C2)C3)cn1. The molecule has 0 spiro atoms. The molecule has 0 radical (unpaired) electrons. The van der Waals surface area contributed by atoms with Gasteiger partial charge >= 0.3 is 12.0 Å². The van der Waals surface area contributed by atoms with Crippen LogP contribution in [0.15, 0.2) is 12.4 Å². The number of rotatable bonds is 4. The van der Waals surface area contributed by atoms with Crippen molar-refractivity contribution < 1.29 is 14.3 Å². The summed E-state index contributed by atoms with van der Waals surface area (Å²) in [4.78, 5) is 24.4. The van der Waals surface area contributed by atoms with Crippen LogP contribution in [0, 0.1) is 23.2 Å². The average Bonchev–Trinajstić information content (AvgIpc) is 2.96. The van der Waals surface area contributed by atoms with Crippen LogP contribution >= 0.6 is 0 Å². The molecular formula is C20H30N4O3. The van der Waals surface area contributed by atoms with Crippen LogP contribution in [0.2, 0.25) is 0 Å². The number of carbonyl (C=O) groups excluding carboxylic acids is 2. The Hall–Kier alpha value is -2.05. The van der Waals surface area contributed by atoms with Gasteiger partial charge in [-0.25, -0.2) is 9.48 Å². The van der Waals surface area contributed by atoms with E-state index in [9.17, 15) is 9.59 Å². The largest absolute Gasteiger partial charge is 0.442 e. The molecule has 7 heteroatoms. The molecule has 7 nitrogen and oxygen atoms in total. The standard InChI is InChI=1S/C20H30N4O3/c1-19(2,3)17(25)27-12-24-11-16(10-21-24)22-18(26)23-20-7-13-4-14(8-20)6-15(5-13)9-20/h10-11,13-15H,4-9,12H2,1-3H3,(H2,22,23,26). The average molecular weight is 374 g/mol. The number of anilines is 1. The fourth-order valence-electron chi connectivity index (χ4n) is 5.51. The van der Waals surface area contributed by atoms with Crippen molar-refractivity contribution in [3.8, 4) is 0 Å². The van der Waals surface area contributed by atoms with Gasteiger partial charge in [0.05, 0.1) is 23.5 Å². The lowest BCUT2D eigenvalue weighted by Crippen LogP contribution is -2.60. The van der Waals surface area contributed by atoms with Crippen LogP contribution in [0.4, 0.5) is 10.5 Å². The highest BCUT2D eigenvalue weighted by atomic mass is 16.5. The molecule has 1 heterocycles. The van der Waals surface area contributed by atoms with Crippen molar-refractivity contribution in [1.82, 2.24) is 15.1 Å². The van der Waals surface area contributed by atoms with Crippen molar-refractivity contribution in [3.05, 3.63) is 12.4 Å². The number of nitrogens with one attached hydrogen (secondary N) is 2. The van der Waals surface area contributed by atoms with E-state index in [-0.39, 0.29) is 24.3 Å². The molecule has 0 aliphatic heterocycles. The van der Waals surface area contributed by atoms with Gasteiger partial charge in [-0.1, -0.05) is 0 Å². The van der Waals surface area contributed by atoms with Crippen LogP contribution in [-0.4, -0.2) is 27.3 Å². The Morgan fingerprint density at radius 1 is 1.19 bits per heavy atom. The zero-order valence-electron chi connectivity index (χ0n) is 16.5. The molecule has 1 aromatic heterocycles. The lowest BCUT2D eigenvalue weighted by atomic mass is 9.53. The summed E-state index contributed by atoms with van der Waals surface area (Å²) < 4.78 is 6.74. The molecule has 4 bridgehead atoms. The number of amides is 2. The highest BCUT2D eigenvalue weighted by Gasteiger charge is 2.51. The van der Waals surface area contributed by atoms with Gasteiger partial charge in [0.2, 0.25) is 0 Å². The lowest BCUT2D eigenvalue weighted by molar-refractivity contribution is -0.157. The van der Waals surface area contributed by atoms with Crippen molar-refractivity contribution in [2.45, 2.75) is 71.6 Å². The van der Waals surface area contributed by atoms with E-state index in [1.165, 1.54) is 23.9 Å². The lowest BCUT2D eigenvalue weighted by Gasteiger charge is -2.56. The summed E-state index contributed by atoms with van der Waals surface area (Å²) in [6.45, 7) is 5.45. The summed E-state index contributed by atoms with van der Waals surface area (Å²) >= 11 is 0. The molecule has 4 aliphatic carbocycles. The van der Waals surface area contributed by atoms with E-state index in [4.69, 9.17) is 4.74 Å². The van der Waals surface area contributed by atoms with Crippen molar-refractivity contribution in [1.29, 1.82) is 0 Å². The monoisotopic (exact) mass is 374 g/mol. The summed E-state index contributed by atoms with van der Waals surface area (Å²) in [6.07, 6.45) is 10.7. The first-order chi connectivity index (χ1) is 12.7. The predicted molar refractivity (Wildman–Crippen MR) is 101 cm³/mol. The quantitative estimate of drug-likeness (QED) is 0.790. The van der Waals surface area contributed by atoms with Crippen molar-refractivity contribution >= 4 is 17.7 Å². The molecule has 1 aromatic rings. The van der Waals surface area contributed by atoms with Gasteiger partial charge in [-0.3, -0.25) is 4.79 Å². The second kappa shape index (κ2) is 6.53. The minimum Gasteiger partial charge on any atom is -0.442 e. The summed E-state index contributed by atoms with van der Waals surface area (Å²) in [6, 6.07) is -0.164. The van der Waals surface area contributed by atoms with E-state index in [1.54, 1.807) is 33.2 Å². The molecule has 4 aliphatic rings. The maximum atomic E-state index is 12.6. The number of ether oxygens (including phenoxy) is 1. The first kappa shape index (κ1) is 18.3. The van der Waals surface area contributed by atoms with E-state index >= 15 is 0 Å². The molecule has 0 unspecified atom stereocenters. The summed E-state index contributed by atoms with van der Waals surface area (Å²) in [5.41, 5.74) is 0.0345. The number of hydrogen-bond donors (Lipinski definition) is 2. The van der Waals surface area contributed by atoms with Crippen molar-refractivity contribution in [2.75, 3.05) is 5.32 Å². The van der Waals surface area contributed by atoms with Crippen LogP contribution < -0.4 is 10.6 Å². The van der Waals surface area contributed by atoms with Gasteiger partial charge in [0.1, 0.15) is 0 Å². The normalized spacial score (nSPS) is 31.6. The Morgan fingerprint density at radius 3 is 2.33 bits per heavy atom. The Labute approximate surface area is 160 Å². The fourth-order valence-corrected chi connectivity index (χ4v) is 5.51. The fraction of sp³-hybridized carbons (Fsp3) is 0.750. The van der Waals surface area contributed by atoms with Gasteiger partial charge in [-0.2, -0.15) is 5.10 Å². The minimum absolute atomic E-state index is 0.0168. The second-order valence-corrected chi connectivity index (χ2v) is 9.86. The van der Waals surface area contributed by atoms with E-state index in [1.807, 2.05) is 0 Å². The van der Waals surface area contributed by atoms with Crippen molar-refractivity contribution in [2.24, 2.45) is 23.2 Å². The van der Waals surface area contributed by atoms with Crippen LogP contribution in [0.1, 0.15) is 59.3 Å². The molecule has 4 fully saturated rings. The first-order valence-corrected chi connectivity index (χ1v) is 10.00. The number of aromatic nitrogens is 2. The number of esters is 1. The molecule has 0 saturated heterocycles. The Balaban J connectivity index is 1.30. The molecule has 5 rings (SSSR count). The highest BCUT2D eigenvalue weighted by molar-refractivity contribution is 5.89. The zero-order chi connectivity index (χ0) is 19.2. The maximum absolute atomic E-state index is 12.6. The minimum atomic E-state index is -0.550. The Morgan fingerprint density at radius 2 is 1.78 bits per heavy atom. The third-order valence-corrected chi connectivity index (χ3v) is 6.25. The third kappa shape index (κ3) is 3.96. The van der Waals surface area contributed by atoms with Gasteiger partial charge in [-0.05, 0) is 77.0 Å². The number of nitrogens with zero attached hydrogens (tertiary/aromatic N) is 2. The molecule has 0 atom stereocenters. The third-order valence-electron chi connectivity index (χ3n) is 6.25. The molecule has 2 amide bonds.